The molecule has 0 aromatic heterocycles. The van der Waals surface area contributed by atoms with E-state index in [4.69, 9.17) is 0 Å². The molecule has 0 heterocycles. The van der Waals surface area contributed by atoms with Gasteiger partial charge in [-0.3, -0.25) is 4.79 Å². The molecule has 0 spiro atoms. The maximum Gasteiger partial charge on any atom is 0.244 e. The molecule has 1 fully saturated rings. The van der Waals surface area contributed by atoms with Crippen LogP contribution in [0.1, 0.15) is 38.7 Å². The molecular formula is C16H21NO. The molecule has 2 rings (SSSR count). The number of hydrogen-bond donors (Lipinski definition) is 1. The van der Waals surface area contributed by atoms with Crippen LogP contribution in [0.4, 0.5) is 0 Å². The van der Waals surface area contributed by atoms with E-state index in [1.807, 2.05) is 36.4 Å². The lowest BCUT2D eigenvalue weighted by molar-refractivity contribution is -0.117. The van der Waals surface area contributed by atoms with Gasteiger partial charge in [0.2, 0.25) is 5.91 Å². The fraction of sp³-hybridized carbons (Fsp3) is 0.438. The Bertz CT molecular complexity index is 434. The van der Waals surface area contributed by atoms with E-state index in [1.54, 1.807) is 6.08 Å². The summed E-state index contributed by atoms with van der Waals surface area (Å²) >= 11 is 0. The minimum absolute atomic E-state index is 0.0153. The van der Waals surface area contributed by atoms with Gasteiger partial charge in [0.15, 0.2) is 0 Å². The summed E-state index contributed by atoms with van der Waals surface area (Å²) in [5.41, 5.74) is 1.43. The van der Waals surface area contributed by atoms with Crippen LogP contribution in [-0.2, 0) is 4.79 Å². The zero-order chi connectivity index (χ0) is 13.0. The lowest BCUT2D eigenvalue weighted by Crippen LogP contribution is -2.32. The van der Waals surface area contributed by atoms with Gasteiger partial charge in [0, 0.05) is 12.1 Å². The summed E-state index contributed by atoms with van der Waals surface area (Å²) in [4.78, 5) is 11.8. The molecule has 1 N–H and O–H groups in total. The van der Waals surface area contributed by atoms with Crippen molar-refractivity contribution in [2.24, 2.45) is 5.41 Å². The lowest BCUT2D eigenvalue weighted by Gasteiger charge is -2.17. The molecule has 1 unspecified atom stereocenters. The smallest absolute Gasteiger partial charge is 0.244 e. The van der Waals surface area contributed by atoms with Gasteiger partial charge in [-0.15, -0.1) is 0 Å². The lowest BCUT2D eigenvalue weighted by atomic mass is 9.92. The van der Waals surface area contributed by atoms with Crippen molar-refractivity contribution in [2.45, 2.75) is 39.2 Å². The Balaban J connectivity index is 1.85. The first-order valence-corrected chi connectivity index (χ1v) is 6.59. The Morgan fingerprint density at radius 2 is 2.06 bits per heavy atom. The second-order valence-electron chi connectivity index (χ2n) is 5.86. The van der Waals surface area contributed by atoms with Crippen molar-refractivity contribution < 1.29 is 4.79 Å². The zero-order valence-corrected chi connectivity index (χ0v) is 11.1. The maximum atomic E-state index is 11.8. The highest BCUT2D eigenvalue weighted by atomic mass is 16.1. The quantitative estimate of drug-likeness (QED) is 0.810. The molecule has 0 aliphatic heterocycles. The molecule has 2 heteroatoms. The first kappa shape index (κ1) is 12.9. The van der Waals surface area contributed by atoms with Gasteiger partial charge < -0.3 is 5.32 Å². The zero-order valence-electron chi connectivity index (χ0n) is 11.1. The summed E-state index contributed by atoms with van der Waals surface area (Å²) in [6, 6.07) is 10.2. The SMILES string of the molecule is CC1(C)CCC(NC(=O)/C=C/c2ccccc2)C1. The van der Waals surface area contributed by atoms with Crippen LogP contribution in [0, 0.1) is 5.41 Å². The average molecular weight is 243 g/mol. The van der Waals surface area contributed by atoms with Gasteiger partial charge in [-0.2, -0.15) is 0 Å². The van der Waals surface area contributed by atoms with E-state index in [-0.39, 0.29) is 5.91 Å². The Morgan fingerprint density at radius 1 is 1.33 bits per heavy atom. The van der Waals surface area contributed by atoms with E-state index in [1.165, 1.54) is 6.42 Å². The molecule has 0 bridgehead atoms. The number of carbonyl (C=O) groups excluding carboxylic acids is 1. The van der Waals surface area contributed by atoms with Crippen molar-refractivity contribution in [3.8, 4) is 0 Å². The van der Waals surface area contributed by atoms with E-state index >= 15 is 0 Å². The van der Waals surface area contributed by atoms with E-state index in [9.17, 15) is 4.79 Å². The number of hydrogen-bond acceptors (Lipinski definition) is 1. The minimum atomic E-state index is 0.0153. The summed E-state index contributed by atoms with van der Waals surface area (Å²) in [5.74, 6) is 0.0153. The van der Waals surface area contributed by atoms with Crippen LogP contribution in [0.3, 0.4) is 0 Å². The van der Waals surface area contributed by atoms with Gasteiger partial charge >= 0.3 is 0 Å². The van der Waals surface area contributed by atoms with E-state index in [2.05, 4.69) is 19.2 Å². The maximum absolute atomic E-state index is 11.8. The third kappa shape index (κ3) is 3.73. The molecule has 0 radical (unpaired) electrons. The summed E-state index contributed by atoms with van der Waals surface area (Å²) in [6.07, 6.45) is 6.85. The Kier molecular flexibility index (Phi) is 3.85. The molecular weight excluding hydrogens is 222 g/mol. The van der Waals surface area contributed by atoms with Gasteiger partial charge in [-0.05, 0) is 36.3 Å². The molecule has 0 saturated heterocycles. The molecule has 2 nitrogen and oxygen atoms in total. The summed E-state index contributed by atoms with van der Waals surface area (Å²) in [6.45, 7) is 4.53. The second kappa shape index (κ2) is 5.38. The largest absolute Gasteiger partial charge is 0.350 e. The van der Waals surface area contributed by atoms with Crippen molar-refractivity contribution in [2.75, 3.05) is 0 Å². The van der Waals surface area contributed by atoms with Crippen LogP contribution < -0.4 is 5.32 Å². The van der Waals surface area contributed by atoms with Crippen LogP contribution in [0.5, 0.6) is 0 Å². The first-order chi connectivity index (χ1) is 8.55. The van der Waals surface area contributed by atoms with E-state index in [0.717, 1.165) is 18.4 Å². The highest BCUT2D eigenvalue weighted by molar-refractivity contribution is 5.91. The van der Waals surface area contributed by atoms with Gasteiger partial charge in [0.05, 0.1) is 0 Å². The van der Waals surface area contributed by atoms with Crippen LogP contribution >= 0.6 is 0 Å². The van der Waals surface area contributed by atoms with Crippen LogP contribution in [0.15, 0.2) is 36.4 Å². The summed E-state index contributed by atoms with van der Waals surface area (Å²) in [7, 11) is 0. The molecule has 1 atom stereocenters. The highest BCUT2D eigenvalue weighted by Gasteiger charge is 2.31. The fourth-order valence-electron chi connectivity index (χ4n) is 2.54. The average Bonchev–Trinajstić information content (AvgIpc) is 2.67. The molecule has 1 amide bonds. The monoisotopic (exact) mass is 243 g/mol. The third-order valence-electron chi connectivity index (χ3n) is 3.54. The Hall–Kier alpha value is -1.57. The highest BCUT2D eigenvalue weighted by Crippen LogP contribution is 2.36. The van der Waals surface area contributed by atoms with E-state index < -0.39 is 0 Å². The number of nitrogens with one attached hydrogen (secondary N) is 1. The van der Waals surface area contributed by atoms with Crippen molar-refractivity contribution in [3.05, 3.63) is 42.0 Å². The van der Waals surface area contributed by atoms with Crippen LogP contribution in [0.25, 0.3) is 6.08 Å². The van der Waals surface area contributed by atoms with Crippen molar-refractivity contribution >= 4 is 12.0 Å². The fourth-order valence-corrected chi connectivity index (χ4v) is 2.54. The predicted molar refractivity (Wildman–Crippen MR) is 75.0 cm³/mol. The summed E-state index contributed by atoms with van der Waals surface area (Å²) < 4.78 is 0. The number of carbonyl (C=O) groups is 1. The number of benzene rings is 1. The first-order valence-electron chi connectivity index (χ1n) is 6.59. The van der Waals surface area contributed by atoms with Gasteiger partial charge in [-0.25, -0.2) is 0 Å². The minimum Gasteiger partial charge on any atom is -0.350 e. The van der Waals surface area contributed by atoms with Gasteiger partial charge in [-0.1, -0.05) is 44.2 Å². The normalized spacial score (nSPS) is 22.2. The Labute approximate surface area is 109 Å². The standard InChI is InChI=1S/C16H21NO/c1-16(2)11-10-14(12-16)17-15(18)9-8-13-6-4-3-5-7-13/h3-9,14H,10-12H2,1-2H3,(H,17,18)/b9-8+. The molecule has 1 aliphatic carbocycles. The predicted octanol–water partition coefficient (Wildman–Crippen LogP) is 3.39. The molecule has 96 valence electrons. The topological polar surface area (TPSA) is 29.1 Å². The van der Waals surface area contributed by atoms with Gasteiger partial charge in [0.25, 0.3) is 0 Å². The Morgan fingerprint density at radius 3 is 2.67 bits per heavy atom. The molecule has 18 heavy (non-hydrogen) atoms. The molecule has 1 saturated carbocycles. The van der Waals surface area contributed by atoms with Crippen molar-refractivity contribution in [1.82, 2.24) is 5.32 Å². The number of amides is 1. The molecule has 1 aromatic carbocycles. The van der Waals surface area contributed by atoms with Crippen molar-refractivity contribution in [1.29, 1.82) is 0 Å². The van der Waals surface area contributed by atoms with E-state index in [0.29, 0.717) is 11.5 Å². The molecule has 1 aromatic rings. The van der Waals surface area contributed by atoms with Gasteiger partial charge in [0.1, 0.15) is 0 Å². The summed E-state index contributed by atoms with van der Waals surface area (Å²) in [5, 5.41) is 3.08. The second-order valence-corrected chi connectivity index (χ2v) is 5.86. The number of rotatable bonds is 3. The van der Waals surface area contributed by atoms with Crippen LogP contribution in [-0.4, -0.2) is 11.9 Å². The molecule has 1 aliphatic rings. The van der Waals surface area contributed by atoms with Crippen LogP contribution in [0.2, 0.25) is 0 Å². The third-order valence-corrected chi connectivity index (χ3v) is 3.54. The van der Waals surface area contributed by atoms with Crippen molar-refractivity contribution in [3.63, 3.8) is 0 Å².